The van der Waals surface area contributed by atoms with E-state index in [0.29, 0.717) is 5.69 Å². The number of nitrogens with one attached hydrogen (secondary N) is 1. The Bertz CT molecular complexity index is 956. The third-order valence-corrected chi connectivity index (χ3v) is 3.52. The molecule has 0 aliphatic rings. The second kappa shape index (κ2) is 5.42. The lowest BCUT2D eigenvalue weighted by Gasteiger charge is -2.06. The summed E-state index contributed by atoms with van der Waals surface area (Å²) in [6, 6.07) is 17.0. The van der Waals surface area contributed by atoms with Crippen molar-refractivity contribution in [3.63, 3.8) is 0 Å². The van der Waals surface area contributed by atoms with Crippen LogP contribution in [-0.2, 0) is 0 Å². The average Bonchev–Trinajstić information content (AvgIpc) is 3.25. The van der Waals surface area contributed by atoms with Crippen molar-refractivity contribution >= 4 is 22.5 Å². The number of aromatic nitrogens is 3. The molecule has 0 atom stereocenters. The van der Waals surface area contributed by atoms with Gasteiger partial charge in [-0.15, -0.1) is 0 Å². The van der Waals surface area contributed by atoms with Gasteiger partial charge in [0.25, 0.3) is 5.91 Å². The predicted octanol–water partition coefficient (Wildman–Crippen LogP) is 3.27. The molecule has 112 valence electrons. The monoisotopic (exact) mass is 304 g/mol. The van der Waals surface area contributed by atoms with Crippen LogP contribution in [0, 0.1) is 0 Å². The van der Waals surface area contributed by atoms with Gasteiger partial charge in [-0.25, -0.2) is 4.68 Å². The van der Waals surface area contributed by atoms with Gasteiger partial charge in [0.05, 0.1) is 17.4 Å². The molecule has 0 radical (unpaired) electrons. The topological polar surface area (TPSA) is 73.0 Å². The molecule has 1 N–H and O–H groups in total. The van der Waals surface area contributed by atoms with E-state index in [-0.39, 0.29) is 11.6 Å². The van der Waals surface area contributed by atoms with E-state index in [2.05, 4.69) is 20.1 Å². The summed E-state index contributed by atoms with van der Waals surface area (Å²) >= 11 is 0. The van der Waals surface area contributed by atoms with Gasteiger partial charge in [0.15, 0.2) is 5.69 Å². The molecule has 0 saturated heterocycles. The zero-order valence-corrected chi connectivity index (χ0v) is 12.0. The first-order chi connectivity index (χ1) is 11.3. The number of fused-ring (bicyclic) bond motifs is 1. The summed E-state index contributed by atoms with van der Waals surface area (Å²) in [5.41, 5.74) is 2.88. The molecule has 4 rings (SSSR count). The number of benzene rings is 2. The van der Waals surface area contributed by atoms with Gasteiger partial charge in [0, 0.05) is 17.1 Å². The van der Waals surface area contributed by atoms with Gasteiger partial charge < -0.3 is 9.84 Å². The van der Waals surface area contributed by atoms with E-state index in [1.54, 1.807) is 0 Å². The molecule has 2 aromatic carbocycles. The number of rotatable bonds is 3. The molecule has 6 nitrogen and oxygen atoms in total. The van der Waals surface area contributed by atoms with Crippen molar-refractivity contribution in [2.45, 2.75) is 0 Å². The van der Waals surface area contributed by atoms with Crippen LogP contribution in [0.5, 0.6) is 0 Å². The van der Waals surface area contributed by atoms with Crippen LogP contribution >= 0.6 is 0 Å². The van der Waals surface area contributed by atoms with Crippen LogP contribution in [-0.4, -0.2) is 20.8 Å². The summed E-state index contributed by atoms with van der Waals surface area (Å²) in [5, 5.41) is 11.8. The maximum absolute atomic E-state index is 11.9. The zero-order valence-electron chi connectivity index (χ0n) is 12.0. The molecule has 2 aromatic heterocycles. The molecule has 0 bridgehead atoms. The highest BCUT2D eigenvalue weighted by molar-refractivity contribution is 6.02. The highest BCUT2D eigenvalue weighted by Crippen LogP contribution is 2.19. The van der Waals surface area contributed by atoms with Crippen molar-refractivity contribution in [3.05, 3.63) is 72.8 Å². The Morgan fingerprint density at radius 2 is 1.87 bits per heavy atom. The van der Waals surface area contributed by atoms with Crippen LogP contribution in [0.1, 0.15) is 10.5 Å². The number of amides is 1. The van der Waals surface area contributed by atoms with Crippen LogP contribution in [0.25, 0.3) is 16.6 Å². The van der Waals surface area contributed by atoms with Gasteiger partial charge in [-0.3, -0.25) is 4.79 Å². The Labute approximate surface area is 131 Å². The quantitative estimate of drug-likeness (QED) is 0.630. The second-order valence-corrected chi connectivity index (χ2v) is 5.00. The molecule has 1 amide bonds. The molecule has 6 heteroatoms. The summed E-state index contributed by atoms with van der Waals surface area (Å²) in [6.07, 6.45) is 3.19. The number of nitrogens with zero attached hydrogens (tertiary/aromatic N) is 3. The van der Waals surface area contributed by atoms with Gasteiger partial charge in [0.1, 0.15) is 6.26 Å². The largest absolute Gasteiger partial charge is 0.364 e. The fraction of sp³-hybridized carbons (Fsp3) is 0. The van der Waals surface area contributed by atoms with E-state index < -0.39 is 0 Å². The first-order valence-corrected chi connectivity index (χ1v) is 7.06. The van der Waals surface area contributed by atoms with Crippen LogP contribution in [0.3, 0.4) is 0 Å². The van der Waals surface area contributed by atoms with Crippen molar-refractivity contribution in [3.8, 4) is 5.69 Å². The minimum atomic E-state index is -0.309. The van der Waals surface area contributed by atoms with Crippen LogP contribution < -0.4 is 5.32 Å². The van der Waals surface area contributed by atoms with E-state index in [9.17, 15) is 4.79 Å². The summed E-state index contributed by atoms with van der Waals surface area (Å²) in [6.45, 7) is 0. The molecular weight excluding hydrogens is 292 g/mol. The predicted molar refractivity (Wildman–Crippen MR) is 85.5 cm³/mol. The van der Waals surface area contributed by atoms with Gasteiger partial charge in [-0.1, -0.05) is 23.4 Å². The van der Waals surface area contributed by atoms with E-state index in [4.69, 9.17) is 0 Å². The standard InChI is InChI=1S/C17H12N4O2/c22-17(15-9-10-23-20-15)19-13-5-7-14(8-6-13)21-16-4-2-1-3-12(16)11-18-21/h1-11H,(H,19,22). The van der Waals surface area contributed by atoms with Crippen LogP contribution in [0.15, 0.2) is 71.6 Å². The normalized spacial score (nSPS) is 10.8. The maximum Gasteiger partial charge on any atom is 0.277 e. The third-order valence-electron chi connectivity index (χ3n) is 3.52. The van der Waals surface area contributed by atoms with Gasteiger partial charge in [-0.2, -0.15) is 5.10 Å². The van der Waals surface area contributed by atoms with Crippen molar-refractivity contribution in [1.29, 1.82) is 0 Å². The van der Waals surface area contributed by atoms with Crippen LogP contribution in [0.2, 0.25) is 0 Å². The van der Waals surface area contributed by atoms with E-state index in [0.717, 1.165) is 16.6 Å². The highest BCUT2D eigenvalue weighted by atomic mass is 16.5. The van der Waals surface area contributed by atoms with Gasteiger partial charge in [-0.05, 0) is 30.3 Å². The molecule has 0 aliphatic heterocycles. The minimum Gasteiger partial charge on any atom is -0.364 e. The first kappa shape index (κ1) is 13.3. The smallest absolute Gasteiger partial charge is 0.277 e. The SMILES string of the molecule is O=C(Nc1ccc(-n2ncc3ccccc32)cc1)c1ccon1. The van der Waals surface area contributed by atoms with E-state index in [1.165, 1.54) is 12.3 Å². The molecule has 0 spiro atoms. The first-order valence-electron chi connectivity index (χ1n) is 7.06. The summed E-state index contributed by atoms with van der Waals surface area (Å²) < 4.78 is 6.52. The van der Waals surface area contributed by atoms with Crippen molar-refractivity contribution in [2.24, 2.45) is 0 Å². The van der Waals surface area contributed by atoms with Gasteiger partial charge >= 0.3 is 0 Å². The third kappa shape index (κ3) is 2.46. The summed E-state index contributed by atoms with van der Waals surface area (Å²) in [4.78, 5) is 11.9. The molecule has 23 heavy (non-hydrogen) atoms. The fourth-order valence-electron chi connectivity index (χ4n) is 2.39. The lowest BCUT2D eigenvalue weighted by atomic mass is 10.2. The number of anilines is 1. The number of hydrogen-bond donors (Lipinski definition) is 1. The number of carbonyl (C=O) groups excluding carboxylic acids is 1. The molecule has 0 aliphatic carbocycles. The second-order valence-electron chi connectivity index (χ2n) is 5.00. The highest BCUT2D eigenvalue weighted by Gasteiger charge is 2.09. The molecule has 2 heterocycles. The maximum atomic E-state index is 11.9. The summed E-state index contributed by atoms with van der Waals surface area (Å²) in [7, 11) is 0. The Morgan fingerprint density at radius 1 is 1.04 bits per heavy atom. The fourth-order valence-corrected chi connectivity index (χ4v) is 2.39. The zero-order chi connectivity index (χ0) is 15.6. The van der Waals surface area contributed by atoms with Crippen LogP contribution in [0.4, 0.5) is 5.69 Å². The molecule has 0 saturated carbocycles. The molecule has 0 unspecified atom stereocenters. The lowest BCUT2D eigenvalue weighted by Crippen LogP contribution is -2.12. The van der Waals surface area contributed by atoms with Crippen molar-refractivity contribution in [1.82, 2.24) is 14.9 Å². The number of para-hydroxylation sites is 1. The Balaban J connectivity index is 1.60. The molecule has 0 fully saturated rings. The Kier molecular flexibility index (Phi) is 3.12. The van der Waals surface area contributed by atoms with E-state index in [1.807, 2.05) is 59.4 Å². The van der Waals surface area contributed by atoms with Crippen molar-refractivity contribution < 1.29 is 9.32 Å². The number of carbonyl (C=O) groups is 1. The number of hydrogen-bond acceptors (Lipinski definition) is 4. The Morgan fingerprint density at radius 3 is 2.65 bits per heavy atom. The Hall–Kier alpha value is -3.41. The minimum absolute atomic E-state index is 0.243. The average molecular weight is 304 g/mol. The van der Waals surface area contributed by atoms with E-state index >= 15 is 0 Å². The lowest BCUT2D eigenvalue weighted by molar-refractivity contribution is 0.101. The van der Waals surface area contributed by atoms with Crippen molar-refractivity contribution in [2.75, 3.05) is 5.32 Å². The molecular formula is C17H12N4O2. The summed E-state index contributed by atoms with van der Waals surface area (Å²) in [5.74, 6) is -0.309. The molecule has 4 aromatic rings. The van der Waals surface area contributed by atoms with Gasteiger partial charge in [0.2, 0.25) is 0 Å².